The molecular weight excluding hydrogens is 346 g/mol. The molecule has 0 spiro atoms. The van der Waals surface area contributed by atoms with Gasteiger partial charge in [-0.25, -0.2) is 4.98 Å². The van der Waals surface area contributed by atoms with Crippen molar-refractivity contribution in [2.45, 2.75) is 26.4 Å². The molecule has 1 fully saturated rings. The molecule has 0 saturated carbocycles. The van der Waals surface area contributed by atoms with Crippen LogP contribution in [0.4, 0.5) is 0 Å². The lowest BCUT2D eigenvalue weighted by molar-refractivity contribution is -0.131. The second-order valence-electron chi connectivity index (χ2n) is 6.75. The molecule has 3 heterocycles. The number of carbonyl (C=O) groups is 1. The molecule has 4 rings (SSSR count). The van der Waals surface area contributed by atoms with Crippen LogP contribution in [0.25, 0.3) is 10.9 Å². The van der Waals surface area contributed by atoms with Gasteiger partial charge in [0.1, 0.15) is 6.54 Å². The summed E-state index contributed by atoms with van der Waals surface area (Å²) in [5.74, 6) is 0.143. The maximum absolute atomic E-state index is 12.7. The molecule has 0 atom stereocenters. The molecule has 1 aromatic carbocycles. The van der Waals surface area contributed by atoms with E-state index in [9.17, 15) is 4.79 Å². The number of rotatable bonds is 4. The Morgan fingerprint density at radius 2 is 2.08 bits per heavy atom. The van der Waals surface area contributed by atoms with Crippen LogP contribution in [-0.2, 0) is 17.9 Å². The highest BCUT2D eigenvalue weighted by Gasteiger charge is 2.20. The first-order chi connectivity index (χ1) is 12.7. The number of carbonyl (C=O) groups excluding carboxylic acids is 1. The summed E-state index contributed by atoms with van der Waals surface area (Å²) in [6, 6.07) is 7.95. The van der Waals surface area contributed by atoms with E-state index in [0.29, 0.717) is 6.54 Å². The minimum Gasteiger partial charge on any atom is -0.340 e. The standard InChI is InChI=1S/C19H23N5OS/c1-15-20-17(14-26-15)12-22-7-4-8-23(10-9-22)19(25)13-24-11-16-5-2-3-6-18(16)21-24/h2-3,5-6,11,14H,4,7-10,12-13H2,1H3. The van der Waals surface area contributed by atoms with Gasteiger partial charge in [0.2, 0.25) is 5.91 Å². The molecule has 7 heteroatoms. The predicted molar refractivity (Wildman–Crippen MR) is 103 cm³/mol. The van der Waals surface area contributed by atoms with Crippen LogP contribution in [0.2, 0.25) is 0 Å². The van der Waals surface area contributed by atoms with Gasteiger partial charge in [-0.1, -0.05) is 18.2 Å². The van der Waals surface area contributed by atoms with Crippen LogP contribution in [-0.4, -0.2) is 56.7 Å². The van der Waals surface area contributed by atoms with Crippen molar-refractivity contribution in [3.8, 4) is 0 Å². The maximum Gasteiger partial charge on any atom is 0.244 e. The molecule has 0 unspecified atom stereocenters. The summed E-state index contributed by atoms with van der Waals surface area (Å²) < 4.78 is 1.76. The molecule has 1 aliphatic rings. The molecule has 1 aliphatic heterocycles. The fourth-order valence-electron chi connectivity index (χ4n) is 3.42. The molecule has 3 aromatic rings. The zero-order valence-electron chi connectivity index (χ0n) is 15.0. The lowest BCUT2D eigenvalue weighted by Gasteiger charge is -2.21. The smallest absolute Gasteiger partial charge is 0.244 e. The number of fused-ring (bicyclic) bond motifs is 1. The monoisotopic (exact) mass is 369 g/mol. The predicted octanol–water partition coefficient (Wildman–Crippen LogP) is 2.54. The fourth-order valence-corrected chi connectivity index (χ4v) is 4.03. The number of benzene rings is 1. The van der Waals surface area contributed by atoms with Crippen molar-refractivity contribution >= 4 is 28.1 Å². The average molecular weight is 369 g/mol. The molecule has 0 aliphatic carbocycles. The highest BCUT2D eigenvalue weighted by Crippen LogP contribution is 2.14. The van der Waals surface area contributed by atoms with Gasteiger partial charge in [0.25, 0.3) is 0 Å². The lowest BCUT2D eigenvalue weighted by Crippen LogP contribution is -2.37. The summed E-state index contributed by atoms with van der Waals surface area (Å²) in [6.45, 7) is 6.69. The van der Waals surface area contributed by atoms with Gasteiger partial charge < -0.3 is 4.90 Å². The van der Waals surface area contributed by atoms with Crippen LogP contribution >= 0.6 is 11.3 Å². The van der Waals surface area contributed by atoms with Crippen LogP contribution in [0.1, 0.15) is 17.1 Å². The number of thiazole rings is 1. The topological polar surface area (TPSA) is 54.3 Å². The Hall–Kier alpha value is -2.25. The van der Waals surface area contributed by atoms with E-state index in [-0.39, 0.29) is 5.91 Å². The van der Waals surface area contributed by atoms with Crippen LogP contribution in [0.15, 0.2) is 35.8 Å². The van der Waals surface area contributed by atoms with Gasteiger partial charge in [-0.3, -0.25) is 14.4 Å². The fraction of sp³-hybridized carbons (Fsp3) is 0.421. The third-order valence-corrected chi connectivity index (χ3v) is 5.57. The minimum absolute atomic E-state index is 0.143. The Labute approximate surface area is 157 Å². The Bertz CT molecular complexity index is 869. The Morgan fingerprint density at radius 3 is 2.88 bits per heavy atom. The van der Waals surface area contributed by atoms with E-state index in [1.807, 2.05) is 42.3 Å². The first kappa shape index (κ1) is 17.2. The molecule has 1 saturated heterocycles. The number of hydrogen-bond acceptors (Lipinski definition) is 5. The second-order valence-corrected chi connectivity index (χ2v) is 7.82. The molecule has 26 heavy (non-hydrogen) atoms. The van der Waals surface area contributed by atoms with E-state index in [1.165, 1.54) is 0 Å². The van der Waals surface area contributed by atoms with Crippen molar-refractivity contribution in [1.82, 2.24) is 24.6 Å². The summed E-state index contributed by atoms with van der Waals surface area (Å²) in [5.41, 5.74) is 2.07. The molecule has 1 amide bonds. The van der Waals surface area contributed by atoms with Gasteiger partial charge in [0.05, 0.1) is 16.2 Å². The molecule has 0 bridgehead atoms. The highest BCUT2D eigenvalue weighted by atomic mass is 32.1. The summed E-state index contributed by atoms with van der Waals surface area (Å²) >= 11 is 1.69. The van der Waals surface area contributed by atoms with Crippen LogP contribution < -0.4 is 0 Å². The molecule has 6 nitrogen and oxygen atoms in total. The second kappa shape index (κ2) is 7.55. The van der Waals surface area contributed by atoms with Crippen LogP contribution in [0, 0.1) is 6.92 Å². The van der Waals surface area contributed by atoms with E-state index in [1.54, 1.807) is 16.0 Å². The molecule has 0 N–H and O–H groups in total. The first-order valence-electron chi connectivity index (χ1n) is 9.01. The minimum atomic E-state index is 0.143. The zero-order chi connectivity index (χ0) is 17.9. The van der Waals surface area contributed by atoms with Crippen molar-refractivity contribution in [2.75, 3.05) is 26.2 Å². The van der Waals surface area contributed by atoms with Gasteiger partial charge >= 0.3 is 0 Å². The summed E-state index contributed by atoms with van der Waals surface area (Å²) in [7, 11) is 0. The Kier molecular flexibility index (Phi) is 4.99. The largest absolute Gasteiger partial charge is 0.340 e. The van der Waals surface area contributed by atoms with E-state index < -0.39 is 0 Å². The Balaban J connectivity index is 1.35. The van der Waals surface area contributed by atoms with E-state index in [4.69, 9.17) is 0 Å². The van der Waals surface area contributed by atoms with Crippen LogP contribution in [0.5, 0.6) is 0 Å². The van der Waals surface area contributed by atoms with E-state index in [0.717, 1.165) is 60.7 Å². The van der Waals surface area contributed by atoms with Crippen LogP contribution in [0.3, 0.4) is 0 Å². The molecule has 136 valence electrons. The molecule has 0 radical (unpaired) electrons. The highest BCUT2D eigenvalue weighted by molar-refractivity contribution is 7.09. The van der Waals surface area contributed by atoms with Gasteiger partial charge in [0, 0.05) is 49.7 Å². The first-order valence-corrected chi connectivity index (χ1v) is 9.89. The van der Waals surface area contributed by atoms with E-state index in [2.05, 4.69) is 20.4 Å². The Morgan fingerprint density at radius 1 is 1.19 bits per heavy atom. The zero-order valence-corrected chi connectivity index (χ0v) is 15.8. The normalized spacial score (nSPS) is 16.1. The molecule has 2 aromatic heterocycles. The van der Waals surface area contributed by atoms with Crippen molar-refractivity contribution < 1.29 is 4.79 Å². The van der Waals surface area contributed by atoms with Gasteiger partial charge in [0.15, 0.2) is 0 Å². The van der Waals surface area contributed by atoms with Crippen molar-refractivity contribution in [2.24, 2.45) is 0 Å². The quantitative estimate of drug-likeness (QED) is 0.709. The van der Waals surface area contributed by atoms with E-state index >= 15 is 0 Å². The summed E-state index contributed by atoms with van der Waals surface area (Å²) in [4.78, 5) is 21.6. The number of aromatic nitrogens is 3. The third kappa shape index (κ3) is 3.94. The summed E-state index contributed by atoms with van der Waals surface area (Å²) in [5, 5.41) is 8.81. The summed E-state index contributed by atoms with van der Waals surface area (Å²) in [6.07, 6.45) is 2.94. The SMILES string of the molecule is Cc1nc(CN2CCCN(C(=O)Cn3cc4ccccc4n3)CC2)cs1. The number of nitrogens with zero attached hydrogens (tertiary/aromatic N) is 5. The maximum atomic E-state index is 12.7. The van der Waals surface area contributed by atoms with Gasteiger partial charge in [-0.05, 0) is 19.4 Å². The van der Waals surface area contributed by atoms with Crippen molar-refractivity contribution in [3.63, 3.8) is 0 Å². The van der Waals surface area contributed by atoms with Crippen molar-refractivity contribution in [1.29, 1.82) is 0 Å². The van der Waals surface area contributed by atoms with Gasteiger partial charge in [-0.2, -0.15) is 5.10 Å². The molecular formula is C19H23N5OS. The number of aryl methyl sites for hydroxylation is 1. The average Bonchev–Trinajstić information content (AvgIpc) is 3.14. The lowest BCUT2D eigenvalue weighted by atomic mass is 10.3. The number of hydrogen-bond donors (Lipinski definition) is 0. The number of amides is 1. The third-order valence-electron chi connectivity index (χ3n) is 4.75. The van der Waals surface area contributed by atoms with Crippen molar-refractivity contribution in [3.05, 3.63) is 46.5 Å². The van der Waals surface area contributed by atoms with Gasteiger partial charge in [-0.15, -0.1) is 11.3 Å².